The van der Waals surface area contributed by atoms with Gasteiger partial charge >= 0.3 is 6.55 Å². The maximum Gasteiger partial charge on any atom is 0.319 e. The van der Waals surface area contributed by atoms with Crippen LogP contribution in [0, 0.1) is 24.0 Å². The van der Waals surface area contributed by atoms with Gasteiger partial charge in [0.05, 0.1) is 6.54 Å². The second kappa shape index (κ2) is 5.65. The monoisotopic (exact) mass is 283 g/mol. The van der Waals surface area contributed by atoms with E-state index in [4.69, 9.17) is 6.42 Å². The van der Waals surface area contributed by atoms with Gasteiger partial charge in [-0.25, -0.2) is 13.8 Å². The number of benzene rings is 1. The van der Waals surface area contributed by atoms with Crippen molar-refractivity contribution in [2.45, 2.75) is 13.1 Å². The second-order valence-corrected chi connectivity index (χ2v) is 3.84. The molecule has 0 saturated carbocycles. The molecule has 0 atom stereocenters. The van der Waals surface area contributed by atoms with E-state index in [9.17, 15) is 17.6 Å². The molecule has 0 unspecified atom stereocenters. The maximum absolute atomic E-state index is 13.6. The number of terminal acetylenes is 1. The molecule has 1 aromatic heterocycles. The molecule has 0 aliphatic carbocycles. The average Bonchev–Trinajstić information content (AvgIpc) is 2.86. The standard InChI is InChI=1S/C13H9F4N3/c1-2-8-5-9(14)12(10(15)6-8)19-7-11-18-3-4-20(11)13(16)17/h1,3-6,13,19H,7H2. The van der Waals surface area contributed by atoms with Gasteiger partial charge in [-0.3, -0.25) is 4.57 Å². The fourth-order valence-corrected chi connectivity index (χ4v) is 1.65. The van der Waals surface area contributed by atoms with E-state index in [1.165, 1.54) is 6.20 Å². The van der Waals surface area contributed by atoms with E-state index in [2.05, 4.69) is 16.2 Å². The molecule has 0 aliphatic rings. The van der Waals surface area contributed by atoms with Gasteiger partial charge in [-0.2, -0.15) is 8.78 Å². The van der Waals surface area contributed by atoms with Gasteiger partial charge in [0.25, 0.3) is 0 Å². The molecule has 0 radical (unpaired) electrons. The molecule has 7 heteroatoms. The second-order valence-electron chi connectivity index (χ2n) is 3.84. The Morgan fingerprint density at radius 3 is 2.50 bits per heavy atom. The Bertz CT molecular complexity index is 635. The van der Waals surface area contributed by atoms with Gasteiger partial charge in [-0.1, -0.05) is 5.92 Å². The van der Waals surface area contributed by atoms with Gasteiger partial charge in [0.2, 0.25) is 0 Å². The number of hydrogen-bond donors (Lipinski definition) is 1. The predicted molar refractivity (Wildman–Crippen MR) is 65.1 cm³/mol. The van der Waals surface area contributed by atoms with Crippen LogP contribution < -0.4 is 5.32 Å². The Hall–Kier alpha value is -2.49. The summed E-state index contributed by atoms with van der Waals surface area (Å²) in [7, 11) is 0. The minimum atomic E-state index is -2.77. The first-order valence-corrected chi connectivity index (χ1v) is 5.52. The van der Waals surface area contributed by atoms with Gasteiger partial charge in [0.1, 0.15) is 11.5 Å². The first kappa shape index (κ1) is 13.9. The molecular weight excluding hydrogens is 274 g/mol. The van der Waals surface area contributed by atoms with Crippen LogP contribution in [0.25, 0.3) is 0 Å². The third-order valence-electron chi connectivity index (χ3n) is 2.59. The normalized spacial score (nSPS) is 10.6. The minimum Gasteiger partial charge on any atom is -0.373 e. The SMILES string of the molecule is C#Cc1cc(F)c(NCc2nccn2C(F)F)c(F)c1. The summed E-state index contributed by atoms with van der Waals surface area (Å²) >= 11 is 0. The van der Waals surface area contributed by atoms with E-state index < -0.39 is 23.9 Å². The lowest BCUT2D eigenvalue weighted by Crippen LogP contribution is -2.11. The maximum atomic E-state index is 13.6. The third-order valence-corrected chi connectivity index (χ3v) is 2.59. The van der Waals surface area contributed by atoms with Crippen molar-refractivity contribution in [1.29, 1.82) is 0 Å². The number of alkyl halides is 2. The Balaban J connectivity index is 2.19. The molecule has 0 saturated heterocycles. The smallest absolute Gasteiger partial charge is 0.319 e. The Morgan fingerprint density at radius 1 is 1.30 bits per heavy atom. The summed E-state index contributed by atoms with van der Waals surface area (Å²) in [5.41, 5.74) is -0.382. The molecule has 0 spiro atoms. The van der Waals surface area contributed by atoms with E-state index in [-0.39, 0.29) is 17.9 Å². The Labute approximate surface area is 112 Å². The molecular formula is C13H9F4N3. The first-order valence-electron chi connectivity index (χ1n) is 5.52. The topological polar surface area (TPSA) is 29.9 Å². The van der Waals surface area contributed by atoms with Crippen LogP contribution in [-0.2, 0) is 6.54 Å². The number of nitrogens with zero attached hydrogens (tertiary/aromatic N) is 2. The molecule has 2 aromatic rings. The van der Waals surface area contributed by atoms with E-state index >= 15 is 0 Å². The molecule has 0 aliphatic heterocycles. The summed E-state index contributed by atoms with van der Waals surface area (Å²) in [4.78, 5) is 3.69. The summed E-state index contributed by atoms with van der Waals surface area (Å²) in [5, 5.41) is 2.39. The molecule has 0 amide bonds. The van der Waals surface area contributed by atoms with Crippen LogP contribution in [0.4, 0.5) is 23.2 Å². The molecule has 1 aromatic carbocycles. The van der Waals surface area contributed by atoms with E-state index in [1.54, 1.807) is 0 Å². The summed E-state index contributed by atoms with van der Waals surface area (Å²) in [6.07, 6.45) is 7.30. The molecule has 20 heavy (non-hydrogen) atoms. The number of anilines is 1. The zero-order valence-electron chi connectivity index (χ0n) is 10.1. The van der Waals surface area contributed by atoms with Gasteiger partial charge in [0, 0.05) is 18.0 Å². The van der Waals surface area contributed by atoms with Crippen molar-refractivity contribution in [1.82, 2.24) is 9.55 Å². The molecule has 3 nitrogen and oxygen atoms in total. The van der Waals surface area contributed by atoms with Gasteiger partial charge in [0.15, 0.2) is 11.6 Å². The van der Waals surface area contributed by atoms with Crippen LogP contribution in [0.5, 0.6) is 0 Å². The van der Waals surface area contributed by atoms with Crippen LogP contribution in [0.3, 0.4) is 0 Å². The van der Waals surface area contributed by atoms with Crippen LogP contribution >= 0.6 is 0 Å². The lowest BCUT2D eigenvalue weighted by atomic mass is 10.2. The Morgan fingerprint density at radius 2 is 1.95 bits per heavy atom. The molecule has 0 fully saturated rings. The molecule has 1 N–H and O–H groups in total. The largest absolute Gasteiger partial charge is 0.373 e. The summed E-state index contributed by atoms with van der Waals surface area (Å²) in [6.45, 7) is -3.02. The quantitative estimate of drug-likeness (QED) is 0.690. The molecule has 2 rings (SSSR count). The summed E-state index contributed by atoms with van der Waals surface area (Å²) in [6, 6.07) is 1.95. The van der Waals surface area contributed by atoms with Crippen molar-refractivity contribution in [2.24, 2.45) is 0 Å². The van der Waals surface area contributed by atoms with Crippen molar-refractivity contribution >= 4 is 5.69 Å². The van der Waals surface area contributed by atoms with Crippen molar-refractivity contribution in [3.05, 3.63) is 47.5 Å². The average molecular weight is 283 g/mol. The summed E-state index contributed by atoms with van der Waals surface area (Å²) < 4.78 is 53.0. The number of halogens is 4. The van der Waals surface area contributed by atoms with Crippen LogP contribution in [0.15, 0.2) is 24.5 Å². The van der Waals surface area contributed by atoms with E-state index in [0.717, 1.165) is 18.3 Å². The van der Waals surface area contributed by atoms with Crippen LogP contribution in [0.2, 0.25) is 0 Å². The predicted octanol–water partition coefficient (Wildman–Crippen LogP) is 3.15. The van der Waals surface area contributed by atoms with E-state index in [1.807, 2.05) is 0 Å². The Kier molecular flexibility index (Phi) is 3.94. The highest BCUT2D eigenvalue weighted by Crippen LogP contribution is 2.21. The molecule has 0 bridgehead atoms. The van der Waals surface area contributed by atoms with Crippen molar-refractivity contribution < 1.29 is 17.6 Å². The zero-order chi connectivity index (χ0) is 14.7. The minimum absolute atomic E-state index is 0.0418. The zero-order valence-corrected chi connectivity index (χ0v) is 10.1. The van der Waals surface area contributed by atoms with Gasteiger partial charge < -0.3 is 5.32 Å². The number of hydrogen-bond acceptors (Lipinski definition) is 2. The fourth-order valence-electron chi connectivity index (χ4n) is 1.65. The van der Waals surface area contributed by atoms with Crippen molar-refractivity contribution in [3.8, 4) is 12.3 Å². The lowest BCUT2D eigenvalue weighted by molar-refractivity contribution is 0.0673. The number of imidazole rings is 1. The summed E-state index contributed by atoms with van der Waals surface area (Å²) in [5.74, 6) is 0.274. The van der Waals surface area contributed by atoms with Gasteiger partial charge in [-0.15, -0.1) is 6.42 Å². The lowest BCUT2D eigenvalue weighted by Gasteiger charge is -2.10. The molecule has 104 valence electrons. The number of rotatable bonds is 4. The highest BCUT2D eigenvalue weighted by atomic mass is 19.3. The third kappa shape index (κ3) is 2.74. The highest BCUT2D eigenvalue weighted by Gasteiger charge is 2.14. The fraction of sp³-hybridized carbons (Fsp3) is 0.154. The van der Waals surface area contributed by atoms with Gasteiger partial charge in [-0.05, 0) is 12.1 Å². The van der Waals surface area contributed by atoms with E-state index in [0.29, 0.717) is 4.57 Å². The number of nitrogens with one attached hydrogen (secondary N) is 1. The van der Waals surface area contributed by atoms with Crippen molar-refractivity contribution in [3.63, 3.8) is 0 Å². The van der Waals surface area contributed by atoms with Crippen LogP contribution in [0.1, 0.15) is 17.9 Å². The van der Waals surface area contributed by atoms with Crippen molar-refractivity contribution in [2.75, 3.05) is 5.32 Å². The number of aromatic nitrogens is 2. The molecule has 1 heterocycles. The van der Waals surface area contributed by atoms with Crippen LogP contribution in [-0.4, -0.2) is 9.55 Å². The first-order chi connectivity index (χ1) is 9.52. The highest BCUT2D eigenvalue weighted by molar-refractivity contribution is 5.50.